The summed E-state index contributed by atoms with van der Waals surface area (Å²) in [7, 11) is 0. The van der Waals surface area contributed by atoms with Crippen LogP contribution >= 0.6 is 11.6 Å². The van der Waals surface area contributed by atoms with Gasteiger partial charge in [-0.3, -0.25) is 4.79 Å². The summed E-state index contributed by atoms with van der Waals surface area (Å²) < 4.78 is 1.66. The molecule has 6 N–H and O–H groups in total. The van der Waals surface area contributed by atoms with Gasteiger partial charge in [0.25, 0.3) is 5.56 Å². The Morgan fingerprint density at radius 1 is 1.27 bits per heavy atom. The Morgan fingerprint density at radius 3 is 2.85 bits per heavy atom. The SMILES string of the molecule is N#Cc1c(N)nc(N)nc1NCCc1nc2cccc(Cl)c2c(=O)n1N1CCNC2(CC2)C1. The van der Waals surface area contributed by atoms with Crippen LogP contribution in [-0.2, 0) is 6.42 Å². The van der Waals surface area contributed by atoms with E-state index in [4.69, 9.17) is 28.1 Å². The van der Waals surface area contributed by atoms with E-state index in [9.17, 15) is 10.1 Å². The van der Waals surface area contributed by atoms with Crippen LogP contribution in [0.3, 0.4) is 0 Å². The minimum atomic E-state index is -0.188. The summed E-state index contributed by atoms with van der Waals surface area (Å²) in [5.41, 5.74) is 12.0. The molecule has 11 nitrogen and oxygen atoms in total. The predicted molar refractivity (Wildman–Crippen MR) is 127 cm³/mol. The zero-order valence-electron chi connectivity index (χ0n) is 17.8. The second kappa shape index (κ2) is 8.06. The van der Waals surface area contributed by atoms with Gasteiger partial charge in [0.15, 0.2) is 5.82 Å². The Kier molecular flexibility index (Phi) is 5.19. The first kappa shape index (κ1) is 21.2. The molecule has 12 heteroatoms. The number of fused-ring (bicyclic) bond motifs is 1. The van der Waals surface area contributed by atoms with Crippen LogP contribution in [0.5, 0.6) is 0 Å². The van der Waals surface area contributed by atoms with Crippen LogP contribution in [0.25, 0.3) is 10.9 Å². The normalized spacial score (nSPS) is 16.7. The van der Waals surface area contributed by atoms with Crippen molar-refractivity contribution in [3.63, 3.8) is 0 Å². The smallest absolute Gasteiger partial charge is 0.281 e. The molecule has 2 aliphatic rings. The van der Waals surface area contributed by atoms with Gasteiger partial charge in [-0.05, 0) is 25.0 Å². The van der Waals surface area contributed by atoms with Crippen LogP contribution in [0.2, 0.25) is 5.02 Å². The number of rotatable bonds is 5. The van der Waals surface area contributed by atoms with E-state index in [0.717, 1.165) is 25.9 Å². The number of benzene rings is 1. The fourth-order valence-corrected chi connectivity index (χ4v) is 4.55. The third-order valence-electron chi connectivity index (χ3n) is 6.09. The third-order valence-corrected chi connectivity index (χ3v) is 6.41. The average Bonchev–Trinajstić information content (AvgIpc) is 3.51. The van der Waals surface area contributed by atoms with Gasteiger partial charge >= 0.3 is 0 Å². The van der Waals surface area contributed by atoms with Gasteiger partial charge in [-0.1, -0.05) is 17.7 Å². The average molecular weight is 467 g/mol. The molecule has 0 radical (unpaired) electrons. The fourth-order valence-electron chi connectivity index (χ4n) is 4.30. The molecule has 3 heterocycles. The van der Waals surface area contributed by atoms with Crippen molar-refractivity contribution in [2.24, 2.45) is 0 Å². The molecular formula is C21H23ClN10O. The van der Waals surface area contributed by atoms with Gasteiger partial charge in [-0.25, -0.2) is 9.66 Å². The maximum atomic E-state index is 13.6. The highest BCUT2D eigenvalue weighted by Crippen LogP contribution is 2.37. The van der Waals surface area contributed by atoms with Gasteiger partial charge < -0.3 is 27.1 Å². The first-order chi connectivity index (χ1) is 15.9. The van der Waals surface area contributed by atoms with Gasteiger partial charge in [0, 0.05) is 31.6 Å². The highest BCUT2D eigenvalue weighted by molar-refractivity contribution is 6.35. The molecule has 170 valence electrons. The molecule has 0 unspecified atom stereocenters. The van der Waals surface area contributed by atoms with Crippen molar-refractivity contribution in [3.8, 4) is 6.07 Å². The summed E-state index contributed by atoms with van der Waals surface area (Å²) in [6.45, 7) is 2.54. The monoisotopic (exact) mass is 466 g/mol. The Labute approximate surface area is 194 Å². The summed E-state index contributed by atoms with van der Waals surface area (Å²) in [4.78, 5) is 26.3. The van der Waals surface area contributed by atoms with E-state index in [0.29, 0.717) is 41.3 Å². The van der Waals surface area contributed by atoms with Crippen molar-refractivity contribution in [1.82, 2.24) is 24.9 Å². The number of nitriles is 1. The zero-order chi connectivity index (χ0) is 23.2. The summed E-state index contributed by atoms with van der Waals surface area (Å²) in [5.74, 6) is 0.825. The van der Waals surface area contributed by atoms with Crippen LogP contribution in [0.4, 0.5) is 17.6 Å². The minimum absolute atomic E-state index is 0.0124. The molecule has 1 saturated carbocycles. The van der Waals surface area contributed by atoms with Gasteiger partial charge in [0.05, 0.1) is 22.5 Å². The van der Waals surface area contributed by atoms with Crippen molar-refractivity contribution in [2.45, 2.75) is 24.8 Å². The van der Waals surface area contributed by atoms with Crippen LogP contribution in [0.15, 0.2) is 23.0 Å². The van der Waals surface area contributed by atoms with Crippen molar-refractivity contribution in [2.75, 3.05) is 48.0 Å². The van der Waals surface area contributed by atoms with Crippen molar-refractivity contribution < 1.29 is 0 Å². The maximum Gasteiger partial charge on any atom is 0.281 e. The number of hydrogen-bond acceptors (Lipinski definition) is 10. The summed E-state index contributed by atoms with van der Waals surface area (Å²) in [6.07, 6.45) is 2.57. The summed E-state index contributed by atoms with van der Waals surface area (Å²) in [6, 6.07) is 7.25. The first-order valence-corrected chi connectivity index (χ1v) is 11.1. The second-order valence-corrected chi connectivity index (χ2v) is 8.76. The van der Waals surface area contributed by atoms with Gasteiger partial charge in [-0.15, -0.1) is 0 Å². The number of piperazine rings is 1. The van der Waals surface area contributed by atoms with E-state index in [-0.39, 0.29) is 34.2 Å². The number of aromatic nitrogens is 4. The summed E-state index contributed by atoms with van der Waals surface area (Å²) >= 11 is 6.38. The quantitative estimate of drug-likeness (QED) is 0.418. The molecule has 1 spiro atoms. The molecule has 0 bridgehead atoms. The Morgan fingerprint density at radius 2 is 2.09 bits per heavy atom. The molecule has 1 aliphatic heterocycles. The van der Waals surface area contributed by atoms with Crippen LogP contribution in [0.1, 0.15) is 24.2 Å². The molecule has 1 saturated heterocycles. The lowest BCUT2D eigenvalue weighted by Crippen LogP contribution is -2.59. The molecule has 2 fully saturated rings. The number of nitrogens with zero attached hydrogens (tertiary/aromatic N) is 6. The van der Waals surface area contributed by atoms with Gasteiger partial charge in [0.1, 0.15) is 23.3 Å². The molecule has 33 heavy (non-hydrogen) atoms. The Balaban J connectivity index is 1.50. The lowest BCUT2D eigenvalue weighted by atomic mass is 10.2. The number of anilines is 3. The highest BCUT2D eigenvalue weighted by atomic mass is 35.5. The Hall–Kier alpha value is -3.62. The molecule has 0 amide bonds. The van der Waals surface area contributed by atoms with E-state index < -0.39 is 0 Å². The third kappa shape index (κ3) is 3.88. The molecule has 3 aromatic rings. The second-order valence-electron chi connectivity index (χ2n) is 8.35. The van der Waals surface area contributed by atoms with Crippen LogP contribution < -0.4 is 32.7 Å². The van der Waals surface area contributed by atoms with E-state index in [1.807, 2.05) is 6.07 Å². The largest absolute Gasteiger partial charge is 0.382 e. The first-order valence-electron chi connectivity index (χ1n) is 10.7. The molecule has 1 aliphatic carbocycles. The van der Waals surface area contributed by atoms with Crippen LogP contribution in [-0.4, -0.2) is 51.3 Å². The van der Waals surface area contributed by atoms with E-state index in [1.54, 1.807) is 22.9 Å². The lowest BCUT2D eigenvalue weighted by Gasteiger charge is -2.37. The van der Waals surface area contributed by atoms with Crippen molar-refractivity contribution >= 4 is 40.1 Å². The predicted octanol–water partition coefficient (Wildman–Crippen LogP) is 0.604. The van der Waals surface area contributed by atoms with E-state index in [2.05, 4.69) is 25.6 Å². The number of nitrogens with one attached hydrogen (secondary N) is 2. The topological polar surface area (TPSA) is 164 Å². The minimum Gasteiger partial charge on any atom is -0.382 e. The Bertz CT molecular complexity index is 1340. The lowest BCUT2D eigenvalue weighted by molar-refractivity contribution is 0.376. The van der Waals surface area contributed by atoms with Gasteiger partial charge in [-0.2, -0.15) is 15.2 Å². The number of halogens is 1. The van der Waals surface area contributed by atoms with Crippen LogP contribution in [0, 0.1) is 11.3 Å². The van der Waals surface area contributed by atoms with Crippen molar-refractivity contribution in [1.29, 1.82) is 5.26 Å². The zero-order valence-corrected chi connectivity index (χ0v) is 18.6. The van der Waals surface area contributed by atoms with Gasteiger partial charge in [0.2, 0.25) is 5.95 Å². The molecule has 2 aromatic heterocycles. The van der Waals surface area contributed by atoms with Crippen molar-refractivity contribution in [3.05, 3.63) is 45.0 Å². The molecule has 1 aromatic carbocycles. The molecule has 5 rings (SSSR count). The standard InChI is InChI=1S/C21H23ClN10O/c22-13-2-1-3-14-16(13)19(33)32(31-9-8-27-21(11-31)5-6-21)15(28-14)4-7-26-18-12(10-23)17(24)29-20(25)30-18/h1-3,27H,4-9,11H2,(H5,24,25,26,29,30). The number of nitrogen functional groups attached to an aromatic ring is 2. The fraction of sp³-hybridized carbons (Fsp3) is 0.381. The molecule has 0 atom stereocenters. The highest BCUT2D eigenvalue weighted by Gasteiger charge is 2.46. The summed E-state index contributed by atoms with van der Waals surface area (Å²) in [5, 5.41) is 18.9. The molecular weight excluding hydrogens is 444 g/mol. The number of hydrogen-bond donors (Lipinski definition) is 4. The van der Waals surface area contributed by atoms with E-state index >= 15 is 0 Å². The maximum absolute atomic E-state index is 13.6. The number of nitrogens with two attached hydrogens (primary N) is 2. The van der Waals surface area contributed by atoms with E-state index in [1.165, 1.54) is 0 Å².